The summed E-state index contributed by atoms with van der Waals surface area (Å²) >= 11 is 0. The lowest BCUT2D eigenvalue weighted by atomic mass is 10.1. The summed E-state index contributed by atoms with van der Waals surface area (Å²) in [6.07, 6.45) is -0.0347. The second-order valence-corrected chi connectivity index (χ2v) is 7.17. The minimum absolute atomic E-state index is 0.0347. The Morgan fingerprint density at radius 3 is 2.28 bits per heavy atom. The van der Waals surface area contributed by atoms with Gasteiger partial charge in [-0.3, -0.25) is 4.79 Å². The van der Waals surface area contributed by atoms with Crippen molar-refractivity contribution in [3.63, 3.8) is 0 Å². The maximum absolute atomic E-state index is 12.6. The highest BCUT2D eigenvalue weighted by Gasteiger charge is 2.27. The van der Waals surface area contributed by atoms with Crippen molar-refractivity contribution < 1.29 is 28.2 Å². The normalized spacial score (nSPS) is 12.5. The minimum Gasteiger partial charge on any atom is -0.480 e. The Morgan fingerprint density at radius 2 is 1.72 bits per heavy atom. The summed E-state index contributed by atoms with van der Waals surface area (Å²) in [4.78, 5) is 22.2. The third-order valence-electron chi connectivity index (χ3n) is 3.60. The molecule has 0 radical (unpaired) electrons. The molecule has 0 amide bonds. The van der Waals surface area contributed by atoms with E-state index in [-0.39, 0.29) is 16.9 Å². The topological polar surface area (TPSA) is 121 Å². The molecule has 132 valence electrons. The minimum atomic E-state index is -4.21. The van der Waals surface area contributed by atoms with E-state index in [1.54, 1.807) is 30.3 Å². The summed E-state index contributed by atoms with van der Waals surface area (Å²) in [6.45, 7) is 1.51. The third kappa shape index (κ3) is 4.65. The summed E-state index contributed by atoms with van der Waals surface area (Å²) < 4.78 is 27.3. The lowest BCUT2D eigenvalue weighted by Crippen LogP contribution is -2.42. The summed E-state index contributed by atoms with van der Waals surface area (Å²) in [7, 11) is -4.21. The summed E-state index contributed by atoms with van der Waals surface area (Å²) in [5, 5.41) is 18.4. The second kappa shape index (κ2) is 7.45. The number of nitrogens with one attached hydrogen (secondary N) is 1. The Balaban J connectivity index is 2.33. The number of hydrogen-bond donors (Lipinski definition) is 3. The highest BCUT2D eigenvalue weighted by molar-refractivity contribution is 7.89. The van der Waals surface area contributed by atoms with Gasteiger partial charge in [-0.15, -0.1) is 0 Å². The van der Waals surface area contributed by atoms with Crippen molar-refractivity contribution >= 4 is 22.0 Å². The molecule has 25 heavy (non-hydrogen) atoms. The van der Waals surface area contributed by atoms with Crippen molar-refractivity contribution in [2.45, 2.75) is 24.3 Å². The highest BCUT2D eigenvalue weighted by atomic mass is 32.2. The molecule has 2 aromatic rings. The van der Waals surface area contributed by atoms with E-state index in [0.717, 1.165) is 6.07 Å². The van der Waals surface area contributed by atoms with E-state index in [2.05, 4.69) is 4.72 Å². The molecule has 7 nitrogen and oxygen atoms in total. The Bertz CT molecular complexity index is 893. The van der Waals surface area contributed by atoms with E-state index >= 15 is 0 Å². The summed E-state index contributed by atoms with van der Waals surface area (Å²) in [5.41, 5.74) is 0.788. The number of aromatic carboxylic acids is 1. The lowest BCUT2D eigenvalue weighted by molar-refractivity contribution is -0.138. The van der Waals surface area contributed by atoms with Gasteiger partial charge in [-0.05, 0) is 36.6 Å². The lowest BCUT2D eigenvalue weighted by Gasteiger charge is -2.16. The number of carbonyl (C=O) groups is 2. The van der Waals surface area contributed by atoms with E-state index in [9.17, 15) is 23.1 Å². The zero-order valence-electron chi connectivity index (χ0n) is 13.3. The Kier molecular flexibility index (Phi) is 5.55. The van der Waals surface area contributed by atoms with Gasteiger partial charge in [-0.2, -0.15) is 4.72 Å². The van der Waals surface area contributed by atoms with Crippen LogP contribution < -0.4 is 4.72 Å². The first kappa shape index (κ1) is 18.6. The molecule has 2 rings (SSSR count). The van der Waals surface area contributed by atoms with E-state index in [0.29, 0.717) is 11.1 Å². The summed E-state index contributed by atoms with van der Waals surface area (Å²) in [6, 6.07) is 10.9. The number of rotatable bonds is 7. The predicted octanol–water partition coefficient (Wildman–Crippen LogP) is 1.67. The van der Waals surface area contributed by atoms with Crippen LogP contribution in [-0.2, 0) is 21.2 Å². The van der Waals surface area contributed by atoms with Gasteiger partial charge in [-0.25, -0.2) is 13.2 Å². The monoisotopic (exact) mass is 363 g/mol. The van der Waals surface area contributed by atoms with E-state index < -0.39 is 28.0 Å². The molecule has 0 aliphatic heterocycles. The molecule has 0 bridgehead atoms. The Hall–Kier alpha value is -2.71. The molecular weight excluding hydrogens is 346 g/mol. The van der Waals surface area contributed by atoms with E-state index in [4.69, 9.17) is 5.11 Å². The van der Waals surface area contributed by atoms with Gasteiger partial charge in [0.25, 0.3) is 0 Å². The fraction of sp³-hybridized carbons (Fsp3) is 0.176. The standard InChI is InChI=1S/C17H17NO6S/c1-11-7-8-13(16(19)20)10-15(11)25(23,24)18-14(17(21)22)9-12-5-3-2-4-6-12/h2-8,10,14,18H,9H2,1H3,(H,19,20)(H,21,22)/t14-/m0/s1. The predicted molar refractivity (Wildman–Crippen MR) is 90.0 cm³/mol. The quantitative estimate of drug-likeness (QED) is 0.688. The molecule has 0 saturated heterocycles. The Morgan fingerprint density at radius 1 is 1.08 bits per heavy atom. The molecular formula is C17H17NO6S. The number of aliphatic carboxylic acids is 1. The molecule has 0 aliphatic rings. The SMILES string of the molecule is Cc1ccc(C(=O)O)cc1S(=O)(=O)N[C@@H](Cc1ccccc1)C(=O)O. The maximum atomic E-state index is 12.6. The van der Waals surface area contributed by atoms with E-state index in [1.807, 2.05) is 0 Å². The average molecular weight is 363 g/mol. The highest BCUT2D eigenvalue weighted by Crippen LogP contribution is 2.18. The molecule has 0 aromatic heterocycles. The molecule has 1 atom stereocenters. The van der Waals surface area contributed by atoms with Gasteiger partial charge in [0, 0.05) is 0 Å². The van der Waals surface area contributed by atoms with Crippen LogP contribution in [0.15, 0.2) is 53.4 Å². The maximum Gasteiger partial charge on any atom is 0.335 e. The molecule has 0 unspecified atom stereocenters. The van der Waals surface area contributed by atoms with Crippen LogP contribution >= 0.6 is 0 Å². The fourth-order valence-electron chi connectivity index (χ4n) is 2.30. The van der Waals surface area contributed by atoms with Crippen LogP contribution in [0.2, 0.25) is 0 Å². The number of benzene rings is 2. The first-order chi connectivity index (χ1) is 11.7. The van der Waals surface area contributed by atoms with Crippen LogP contribution in [0.1, 0.15) is 21.5 Å². The third-order valence-corrected chi connectivity index (χ3v) is 5.22. The van der Waals surface area contributed by atoms with Crippen LogP contribution in [0.25, 0.3) is 0 Å². The number of hydrogen-bond acceptors (Lipinski definition) is 4. The van der Waals surface area contributed by atoms with Crippen molar-refractivity contribution in [2.75, 3.05) is 0 Å². The van der Waals surface area contributed by atoms with Crippen LogP contribution in [0, 0.1) is 6.92 Å². The number of carboxylic acid groups (broad SMARTS) is 2. The average Bonchev–Trinajstić information content (AvgIpc) is 2.55. The van der Waals surface area contributed by atoms with Gasteiger partial charge in [0.15, 0.2) is 0 Å². The first-order valence-corrected chi connectivity index (χ1v) is 8.82. The van der Waals surface area contributed by atoms with Gasteiger partial charge in [0.1, 0.15) is 6.04 Å². The van der Waals surface area contributed by atoms with Gasteiger partial charge in [-0.1, -0.05) is 36.4 Å². The van der Waals surface area contributed by atoms with Crippen LogP contribution in [0.3, 0.4) is 0 Å². The number of aryl methyl sites for hydroxylation is 1. The number of sulfonamides is 1. The molecule has 3 N–H and O–H groups in total. The van der Waals surface area contributed by atoms with Gasteiger partial charge < -0.3 is 10.2 Å². The zero-order valence-corrected chi connectivity index (χ0v) is 14.2. The Labute approximate surface area is 145 Å². The van der Waals surface area contributed by atoms with Crippen molar-refractivity contribution in [2.24, 2.45) is 0 Å². The number of carboxylic acids is 2. The van der Waals surface area contributed by atoms with Gasteiger partial charge in [0.05, 0.1) is 10.5 Å². The van der Waals surface area contributed by atoms with E-state index in [1.165, 1.54) is 19.1 Å². The second-order valence-electron chi connectivity index (χ2n) is 5.49. The molecule has 0 aliphatic carbocycles. The van der Waals surface area contributed by atoms with Crippen molar-refractivity contribution in [3.05, 3.63) is 65.2 Å². The van der Waals surface area contributed by atoms with Crippen LogP contribution in [0.5, 0.6) is 0 Å². The molecule has 2 aromatic carbocycles. The van der Waals surface area contributed by atoms with Crippen molar-refractivity contribution in [3.8, 4) is 0 Å². The largest absolute Gasteiger partial charge is 0.480 e. The van der Waals surface area contributed by atoms with Crippen molar-refractivity contribution in [1.29, 1.82) is 0 Å². The van der Waals surface area contributed by atoms with Crippen LogP contribution in [0.4, 0.5) is 0 Å². The molecule has 0 spiro atoms. The molecule has 0 saturated carbocycles. The fourth-order valence-corrected chi connectivity index (χ4v) is 3.76. The summed E-state index contributed by atoms with van der Waals surface area (Å²) in [5.74, 6) is -2.59. The molecule has 0 fully saturated rings. The van der Waals surface area contributed by atoms with Gasteiger partial charge in [0.2, 0.25) is 10.0 Å². The van der Waals surface area contributed by atoms with Crippen molar-refractivity contribution in [1.82, 2.24) is 4.72 Å². The zero-order chi connectivity index (χ0) is 18.6. The van der Waals surface area contributed by atoms with Crippen LogP contribution in [-0.4, -0.2) is 36.6 Å². The first-order valence-electron chi connectivity index (χ1n) is 7.33. The van der Waals surface area contributed by atoms with Gasteiger partial charge >= 0.3 is 11.9 Å². The molecule has 0 heterocycles. The smallest absolute Gasteiger partial charge is 0.335 e. The molecule has 8 heteroatoms.